The van der Waals surface area contributed by atoms with Crippen molar-refractivity contribution in [3.8, 4) is 5.75 Å². The second-order valence-electron chi connectivity index (χ2n) is 4.65. The van der Waals surface area contributed by atoms with Gasteiger partial charge in [0.15, 0.2) is 5.82 Å². The van der Waals surface area contributed by atoms with Crippen molar-refractivity contribution in [2.24, 2.45) is 5.10 Å². The third-order valence-corrected chi connectivity index (χ3v) is 4.39. The van der Waals surface area contributed by atoms with Crippen molar-refractivity contribution in [3.05, 3.63) is 47.1 Å². The number of methoxy groups -OCH3 is 1. The van der Waals surface area contributed by atoms with Crippen LogP contribution in [0.3, 0.4) is 0 Å². The number of aryl methyl sites for hydroxylation is 1. The van der Waals surface area contributed by atoms with Gasteiger partial charge in [0, 0.05) is 4.88 Å². The van der Waals surface area contributed by atoms with E-state index in [1.54, 1.807) is 31.0 Å². The summed E-state index contributed by atoms with van der Waals surface area (Å²) in [5.74, 6) is 1.53. The Labute approximate surface area is 132 Å². The Balaban J connectivity index is 1.81. The highest BCUT2D eigenvalue weighted by Crippen LogP contribution is 2.28. The maximum atomic E-state index is 5.19. The molecule has 22 heavy (non-hydrogen) atoms. The number of hydrogen-bond donors (Lipinski definition) is 1. The van der Waals surface area contributed by atoms with E-state index in [4.69, 9.17) is 4.74 Å². The quantitative estimate of drug-likeness (QED) is 0.576. The lowest BCUT2D eigenvalue weighted by molar-refractivity contribution is 0.415. The lowest BCUT2D eigenvalue weighted by Gasteiger charge is -2.01. The molecule has 1 aromatic carbocycles. The van der Waals surface area contributed by atoms with Crippen LogP contribution in [0.25, 0.3) is 10.2 Å². The first-order valence-electron chi connectivity index (χ1n) is 6.96. The highest BCUT2D eigenvalue weighted by Gasteiger charge is 2.06. The van der Waals surface area contributed by atoms with E-state index in [0.29, 0.717) is 0 Å². The Hall–Kier alpha value is -2.47. The summed E-state index contributed by atoms with van der Waals surface area (Å²) in [4.78, 5) is 10.8. The van der Waals surface area contributed by atoms with Crippen LogP contribution in [0.2, 0.25) is 0 Å². The molecule has 0 aliphatic heterocycles. The monoisotopic (exact) mass is 312 g/mol. The van der Waals surface area contributed by atoms with Gasteiger partial charge in [0.05, 0.1) is 18.7 Å². The zero-order valence-corrected chi connectivity index (χ0v) is 13.2. The minimum atomic E-state index is 0.722. The average molecular weight is 312 g/mol. The largest absolute Gasteiger partial charge is 0.497 e. The van der Waals surface area contributed by atoms with Gasteiger partial charge in [-0.3, -0.25) is 5.43 Å². The molecule has 5 nitrogen and oxygen atoms in total. The summed E-state index contributed by atoms with van der Waals surface area (Å²) in [6, 6.07) is 9.82. The lowest BCUT2D eigenvalue weighted by Crippen LogP contribution is -1.94. The fraction of sp³-hybridized carbons (Fsp3) is 0.188. The molecule has 112 valence electrons. The molecule has 0 amide bonds. The van der Waals surface area contributed by atoms with Gasteiger partial charge in [0.2, 0.25) is 0 Å². The van der Waals surface area contributed by atoms with Crippen LogP contribution < -0.4 is 10.2 Å². The van der Waals surface area contributed by atoms with Gasteiger partial charge in [0.1, 0.15) is 16.9 Å². The van der Waals surface area contributed by atoms with Crippen molar-refractivity contribution in [1.29, 1.82) is 0 Å². The first-order valence-corrected chi connectivity index (χ1v) is 7.78. The molecule has 0 saturated carbocycles. The number of hydrazone groups is 1. The molecule has 0 unspecified atom stereocenters. The van der Waals surface area contributed by atoms with Gasteiger partial charge >= 0.3 is 0 Å². The molecule has 6 heteroatoms. The van der Waals surface area contributed by atoms with Crippen molar-refractivity contribution in [2.75, 3.05) is 12.5 Å². The zero-order valence-electron chi connectivity index (χ0n) is 12.4. The number of nitrogens with one attached hydrogen (secondary N) is 1. The Kier molecular flexibility index (Phi) is 4.29. The number of anilines is 1. The van der Waals surface area contributed by atoms with Crippen LogP contribution in [-0.4, -0.2) is 23.3 Å². The molecule has 0 bridgehead atoms. The summed E-state index contributed by atoms with van der Waals surface area (Å²) in [6.45, 7) is 2.13. The predicted octanol–water partition coefficient (Wildman–Crippen LogP) is 3.71. The molecule has 0 radical (unpaired) electrons. The number of ether oxygens (including phenoxy) is 1. The Morgan fingerprint density at radius 2 is 2.23 bits per heavy atom. The maximum absolute atomic E-state index is 5.19. The van der Waals surface area contributed by atoms with E-state index in [1.165, 1.54) is 4.88 Å². The normalized spacial score (nSPS) is 11.2. The summed E-state index contributed by atoms with van der Waals surface area (Å²) >= 11 is 1.69. The van der Waals surface area contributed by atoms with Crippen LogP contribution >= 0.6 is 11.3 Å². The first kappa shape index (κ1) is 14.5. The van der Waals surface area contributed by atoms with E-state index in [0.717, 1.165) is 33.8 Å². The highest BCUT2D eigenvalue weighted by atomic mass is 32.1. The lowest BCUT2D eigenvalue weighted by atomic mass is 10.2. The van der Waals surface area contributed by atoms with Crippen LogP contribution in [0.5, 0.6) is 5.75 Å². The van der Waals surface area contributed by atoms with Crippen molar-refractivity contribution in [3.63, 3.8) is 0 Å². The van der Waals surface area contributed by atoms with Crippen LogP contribution in [0.15, 0.2) is 41.8 Å². The van der Waals surface area contributed by atoms with E-state index >= 15 is 0 Å². The molecular formula is C16H16N4OS. The second-order valence-corrected chi connectivity index (χ2v) is 5.77. The SMILES string of the molecule is CCc1cc2c(N/N=C/c3cccc(OC)c3)ncnc2s1. The number of rotatable bonds is 5. The minimum Gasteiger partial charge on any atom is -0.497 e. The molecule has 0 saturated heterocycles. The van der Waals surface area contributed by atoms with E-state index < -0.39 is 0 Å². The molecule has 2 aromatic heterocycles. The number of thiophene rings is 1. The molecule has 1 N–H and O–H groups in total. The Morgan fingerprint density at radius 1 is 1.32 bits per heavy atom. The van der Waals surface area contributed by atoms with Crippen molar-refractivity contribution in [2.45, 2.75) is 13.3 Å². The number of benzene rings is 1. The van der Waals surface area contributed by atoms with Crippen molar-refractivity contribution in [1.82, 2.24) is 9.97 Å². The van der Waals surface area contributed by atoms with Gasteiger partial charge < -0.3 is 4.74 Å². The van der Waals surface area contributed by atoms with Gasteiger partial charge in [-0.1, -0.05) is 19.1 Å². The summed E-state index contributed by atoms with van der Waals surface area (Å²) in [7, 11) is 1.65. The molecule has 3 aromatic rings. The van der Waals surface area contributed by atoms with Crippen molar-refractivity contribution < 1.29 is 4.74 Å². The van der Waals surface area contributed by atoms with Gasteiger partial charge in [-0.25, -0.2) is 9.97 Å². The average Bonchev–Trinajstić information content (AvgIpc) is 2.99. The van der Waals surface area contributed by atoms with Gasteiger partial charge in [0.25, 0.3) is 0 Å². The standard InChI is InChI=1S/C16H16N4OS/c1-3-13-8-14-15(17-10-18-16(14)22-13)20-19-9-11-5-4-6-12(7-11)21-2/h4-10H,3H2,1-2H3,(H,17,18,20)/b19-9+. The van der Waals surface area contributed by atoms with Crippen LogP contribution in [-0.2, 0) is 6.42 Å². The number of hydrogen-bond acceptors (Lipinski definition) is 6. The fourth-order valence-electron chi connectivity index (χ4n) is 2.06. The van der Waals surface area contributed by atoms with Gasteiger partial charge in [-0.15, -0.1) is 11.3 Å². The smallest absolute Gasteiger partial charge is 0.158 e. The Morgan fingerprint density at radius 3 is 3.05 bits per heavy atom. The van der Waals surface area contributed by atoms with E-state index in [1.807, 2.05) is 24.3 Å². The summed E-state index contributed by atoms with van der Waals surface area (Å²) in [5, 5.41) is 5.26. The van der Waals surface area contributed by atoms with E-state index in [-0.39, 0.29) is 0 Å². The molecular weight excluding hydrogens is 296 g/mol. The number of fused-ring (bicyclic) bond motifs is 1. The summed E-state index contributed by atoms with van der Waals surface area (Å²) in [6.07, 6.45) is 4.29. The molecule has 0 spiro atoms. The first-order chi connectivity index (χ1) is 10.8. The molecule has 0 aliphatic carbocycles. The van der Waals surface area contributed by atoms with Gasteiger partial charge in [-0.2, -0.15) is 5.10 Å². The molecule has 0 fully saturated rings. The summed E-state index contributed by atoms with van der Waals surface area (Å²) < 4.78 is 5.19. The zero-order chi connectivity index (χ0) is 15.4. The summed E-state index contributed by atoms with van der Waals surface area (Å²) in [5.41, 5.74) is 3.95. The number of aromatic nitrogens is 2. The second kappa shape index (κ2) is 6.53. The van der Waals surface area contributed by atoms with Crippen LogP contribution in [0.1, 0.15) is 17.4 Å². The molecule has 3 rings (SSSR count). The fourth-order valence-corrected chi connectivity index (χ4v) is 2.99. The highest BCUT2D eigenvalue weighted by molar-refractivity contribution is 7.18. The van der Waals surface area contributed by atoms with Crippen LogP contribution in [0.4, 0.5) is 5.82 Å². The number of nitrogens with zero attached hydrogens (tertiary/aromatic N) is 3. The molecule has 0 aliphatic rings. The third kappa shape index (κ3) is 3.07. The minimum absolute atomic E-state index is 0.722. The topological polar surface area (TPSA) is 59.4 Å². The van der Waals surface area contributed by atoms with E-state index in [2.05, 4.69) is 33.5 Å². The van der Waals surface area contributed by atoms with Crippen molar-refractivity contribution >= 4 is 33.6 Å². The molecule has 2 heterocycles. The predicted molar refractivity (Wildman–Crippen MR) is 91.0 cm³/mol. The van der Waals surface area contributed by atoms with Crippen LogP contribution in [0, 0.1) is 0 Å². The molecule has 0 atom stereocenters. The van der Waals surface area contributed by atoms with E-state index in [9.17, 15) is 0 Å². The van der Waals surface area contributed by atoms with Gasteiger partial charge in [-0.05, 0) is 30.2 Å². The third-order valence-electron chi connectivity index (χ3n) is 3.21. The maximum Gasteiger partial charge on any atom is 0.158 e. The Bertz CT molecular complexity index is 813.